The highest BCUT2D eigenvalue weighted by Crippen LogP contribution is 2.22. The van der Waals surface area contributed by atoms with Crippen LogP contribution in [0.15, 0.2) is 30.3 Å². The SMILES string of the molecule is CCN(C)c1cc(CNC(C)C)c2ccccc2n1. The van der Waals surface area contributed by atoms with Crippen molar-refractivity contribution in [3.63, 3.8) is 0 Å². The Morgan fingerprint density at radius 3 is 2.68 bits per heavy atom. The zero-order valence-electron chi connectivity index (χ0n) is 12.3. The number of hydrogen-bond donors (Lipinski definition) is 1. The standard InChI is InChI=1S/C16H23N3/c1-5-19(4)16-10-13(11-17-12(2)3)14-8-6-7-9-15(14)18-16/h6-10,12,17H,5,11H2,1-4H3. The van der Waals surface area contributed by atoms with E-state index in [1.165, 1.54) is 10.9 Å². The third kappa shape index (κ3) is 3.24. The highest BCUT2D eigenvalue weighted by molar-refractivity contribution is 5.84. The Kier molecular flexibility index (Phi) is 4.38. The van der Waals surface area contributed by atoms with Crippen LogP contribution >= 0.6 is 0 Å². The molecule has 0 spiro atoms. The lowest BCUT2D eigenvalue weighted by atomic mass is 10.1. The number of nitrogens with one attached hydrogen (secondary N) is 1. The molecule has 19 heavy (non-hydrogen) atoms. The molecule has 3 heteroatoms. The van der Waals surface area contributed by atoms with Gasteiger partial charge in [0, 0.05) is 31.6 Å². The molecule has 102 valence electrons. The molecule has 0 fully saturated rings. The lowest BCUT2D eigenvalue weighted by molar-refractivity contribution is 0.590. The van der Waals surface area contributed by atoms with Crippen LogP contribution in [0.5, 0.6) is 0 Å². The topological polar surface area (TPSA) is 28.2 Å². The van der Waals surface area contributed by atoms with Crippen molar-refractivity contribution in [2.45, 2.75) is 33.4 Å². The van der Waals surface area contributed by atoms with Gasteiger partial charge in [0.15, 0.2) is 0 Å². The second-order valence-corrected chi connectivity index (χ2v) is 5.21. The van der Waals surface area contributed by atoms with Crippen LogP contribution in [0.1, 0.15) is 26.3 Å². The fourth-order valence-corrected chi connectivity index (χ4v) is 2.05. The number of rotatable bonds is 5. The first kappa shape index (κ1) is 13.8. The number of anilines is 1. The number of aromatic nitrogens is 1. The second-order valence-electron chi connectivity index (χ2n) is 5.21. The van der Waals surface area contributed by atoms with Gasteiger partial charge in [-0.2, -0.15) is 0 Å². The molecule has 0 radical (unpaired) electrons. The van der Waals surface area contributed by atoms with Gasteiger partial charge in [-0.15, -0.1) is 0 Å². The largest absolute Gasteiger partial charge is 0.360 e. The van der Waals surface area contributed by atoms with Crippen molar-refractivity contribution >= 4 is 16.7 Å². The third-order valence-corrected chi connectivity index (χ3v) is 3.35. The van der Waals surface area contributed by atoms with Gasteiger partial charge in [0.2, 0.25) is 0 Å². The zero-order valence-corrected chi connectivity index (χ0v) is 12.3. The predicted octanol–water partition coefficient (Wildman–Crippen LogP) is 3.19. The molecule has 0 saturated heterocycles. The van der Waals surface area contributed by atoms with Crippen LogP contribution in [0.2, 0.25) is 0 Å². The molecule has 0 amide bonds. The van der Waals surface area contributed by atoms with Crippen molar-refractivity contribution in [3.05, 3.63) is 35.9 Å². The molecular weight excluding hydrogens is 234 g/mol. The molecule has 2 aromatic rings. The Bertz CT molecular complexity index is 549. The van der Waals surface area contributed by atoms with Gasteiger partial charge < -0.3 is 10.2 Å². The van der Waals surface area contributed by atoms with Crippen molar-refractivity contribution < 1.29 is 0 Å². The molecule has 0 atom stereocenters. The van der Waals surface area contributed by atoms with E-state index in [0.29, 0.717) is 6.04 Å². The smallest absolute Gasteiger partial charge is 0.129 e. The molecule has 0 aliphatic rings. The molecule has 1 aromatic carbocycles. The Hall–Kier alpha value is -1.61. The summed E-state index contributed by atoms with van der Waals surface area (Å²) in [5.41, 5.74) is 2.38. The average molecular weight is 257 g/mol. The van der Waals surface area contributed by atoms with Crippen LogP contribution < -0.4 is 10.2 Å². The molecule has 1 aromatic heterocycles. The van der Waals surface area contributed by atoms with Gasteiger partial charge in [-0.1, -0.05) is 32.0 Å². The number of benzene rings is 1. The number of pyridine rings is 1. The van der Waals surface area contributed by atoms with Gasteiger partial charge >= 0.3 is 0 Å². The van der Waals surface area contributed by atoms with Crippen molar-refractivity contribution in [2.75, 3.05) is 18.5 Å². The zero-order chi connectivity index (χ0) is 13.8. The number of para-hydroxylation sites is 1. The van der Waals surface area contributed by atoms with E-state index in [0.717, 1.165) is 24.4 Å². The summed E-state index contributed by atoms with van der Waals surface area (Å²) >= 11 is 0. The lowest BCUT2D eigenvalue weighted by Gasteiger charge is -2.18. The average Bonchev–Trinajstić information content (AvgIpc) is 2.43. The van der Waals surface area contributed by atoms with Gasteiger partial charge in [0.1, 0.15) is 5.82 Å². The maximum absolute atomic E-state index is 4.73. The van der Waals surface area contributed by atoms with E-state index in [9.17, 15) is 0 Å². The van der Waals surface area contributed by atoms with Crippen LogP contribution in [0.3, 0.4) is 0 Å². The van der Waals surface area contributed by atoms with Crippen LogP contribution in [0.25, 0.3) is 10.9 Å². The molecule has 1 heterocycles. The second kappa shape index (κ2) is 6.02. The van der Waals surface area contributed by atoms with Crippen molar-refractivity contribution in [3.8, 4) is 0 Å². The van der Waals surface area contributed by atoms with Gasteiger partial charge in [-0.05, 0) is 24.6 Å². The van der Waals surface area contributed by atoms with E-state index in [1.807, 2.05) is 6.07 Å². The van der Waals surface area contributed by atoms with E-state index >= 15 is 0 Å². The molecular formula is C16H23N3. The van der Waals surface area contributed by atoms with E-state index in [2.05, 4.69) is 62.3 Å². The highest BCUT2D eigenvalue weighted by Gasteiger charge is 2.08. The number of fused-ring (bicyclic) bond motifs is 1. The number of hydrogen-bond acceptors (Lipinski definition) is 3. The maximum atomic E-state index is 4.73. The van der Waals surface area contributed by atoms with E-state index in [1.54, 1.807) is 0 Å². The first-order chi connectivity index (χ1) is 9.11. The molecule has 0 bridgehead atoms. The normalized spacial score (nSPS) is 11.2. The molecule has 0 aliphatic heterocycles. The fraction of sp³-hybridized carbons (Fsp3) is 0.438. The third-order valence-electron chi connectivity index (χ3n) is 3.35. The lowest BCUT2D eigenvalue weighted by Crippen LogP contribution is -2.23. The van der Waals surface area contributed by atoms with Gasteiger partial charge in [-0.25, -0.2) is 4.98 Å². The predicted molar refractivity (Wildman–Crippen MR) is 82.7 cm³/mol. The Morgan fingerprint density at radius 2 is 2.00 bits per heavy atom. The molecule has 1 N–H and O–H groups in total. The summed E-state index contributed by atoms with van der Waals surface area (Å²) in [6, 6.07) is 11.0. The summed E-state index contributed by atoms with van der Waals surface area (Å²) in [4.78, 5) is 6.90. The Morgan fingerprint density at radius 1 is 1.26 bits per heavy atom. The summed E-state index contributed by atoms with van der Waals surface area (Å²) in [6.45, 7) is 8.32. The quantitative estimate of drug-likeness (QED) is 0.891. The summed E-state index contributed by atoms with van der Waals surface area (Å²) in [5.74, 6) is 1.04. The first-order valence-electron chi connectivity index (χ1n) is 6.95. The summed E-state index contributed by atoms with van der Waals surface area (Å²) in [5, 5.41) is 4.73. The summed E-state index contributed by atoms with van der Waals surface area (Å²) in [7, 11) is 2.08. The van der Waals surface area contributed by atoms with Crippen LogP contribution in [0, 0.1) is 0 Å². The van der Waals surface area contributed by atoms with E-state index < -0.39 is 0 Å². The van der Waals surface area contributed by atoms with Crippen LogP contribution in [0.4, 0.5) is 5.82 Å². The molecule has 0 saturated carbocycles. The van der Waals surface area contributed by atoms with Gasteiger partial charge in [0.05, 0.1) is 5.52 Å². The van der Waals surface area contributed by atoms with Crippen LogP contribution in [-0.2, 0) is 6.54 Å². The Balaban J connectivity index is 2.45. The molecule has 3 nitrogen and oxygen atoms in total. The molecule has 2 rings (SSSR count). The summed E-state index contributed by atoms with van der Waals surface area (Å²) < 4.78 is 0. The monoisotopic (exact) mass is 257 g/mol. The molecule has 0 unspecified atom stereocenters. The first-order valence-corrected chi connectivity index (χ1v) is 6.95. The van der Waals surface area contributed by atoms with Crippen molar-refractivity contribution in [1.82, 2.24) is 10.3 Å². The highest BCUT2D eigenvalue weighted by atomic mass is 15.2. The Labute approximate surface area is 115 Å². The van der Waals surface area contributed by atoms with Crippen molar-refractivity contribution in [1.29, 1.82) is 0 Å². The number of nitrogens with zero attached hydrogens (tertiary/aromatic N) is 2. The minimum atomic E-state index is 0.485. The fourth-order valence-electron chi connectivity index (χ4n) is 2.05. The molecule has 0 aliphatic carbocycles. The minimum Gasteiger partial charge on any atom is -0.360 e. The maximum Gasteiger partial charge on any atom is 0.129 e. The summed E-state index contributed by atoms with van der Waals surface area (Å²) in [6.07, 6.45) is 0. The van der Waals surface area contributed by atoms with Gasteiger partial charge in [0.25, 0.3) is 0 Å². The van der Waals surface area contributed by atoms with E-state index in [4.69, 9.17) is 4.98 Å². The van der Waals surface area contributed by atoms with E-state index in [-0.39, 0.29) is 0 Å². The minimum absolute atomic E-state index is 0.485. The van der Waals surface area contributed by atoms with Crippen molar-refractivity contribution in [2.24, 2.45) is 0 Å². The van der Waals surface area contributed by atoms with Crippen LogP contribution in [-0.4, -0.2) is 24.6 Å². The van der Waals surface area contributed by atoms with Gasteiger partial charge in [-0.3, -0.25) is 0 Å².